The Kier molecular flexibility index (Phi) is 4.66. The molecule has 2 amide bonds. The standard InChI is InChI=1S/C20H22N4O3/c25-20(21-19-10-5-15-3-1-2-4-18(15)19)23-13-11-22(12-14-23)16-6-8-17(9-7-16)24(26)27/h1-4,6-9,19H,5,10-14H2,(H,21,25). The third kappa shape index (κ3) is 3.58. The van der Waals surface area contributed by atoms with Crippen LogP contribution in [-0.2, 0) is 6.42 Å². The van der Waals surface area contributed by atoms with Gasteiger partial charge in [-0.2, -0.15) is 0 Å². The highest BCUT2D eigenvalue weighted by Gasteiger charge is 2.27. The number of nitrogens with one attached hydrogen (secondary N) is 1. The maximum absolute atomic E-state index is 12.6. The Balaban J connectivity index is 1.32. The molecule has 2 aromatic rings. The highest BCUT2D eigenvalue weighted by molar-refractivity contribution is 5.75. The number of nitro groups is 1. The van der Waals surface area contributed by atoms with Gasteiger partial charge in [0.15, 0.2) is 0 Å². The molecule has 2 aromatic carbocycles. The minimum atomic E-state index is -0.396. The molecule has 0 aromatic heterocycles. The lowest BCUT2D eigenvalue weighted by Gasteiger charge is -2.36. The second kappa shape index (κ2) is 7.26. The Morgan fingerprint density at radius 1 is 1.04 bits per heavy atom. The van der Waals surface area contributed by atoms with Crippen molar-refractivity contribution in [1.29, 1.82) is 0 Å². The molecule has 1 unspecified atom stereocenters. The topological polar surface area (TPSA) is 78.7 Å². The molecule has 2 aliphatic rings. The van der Waals surface area contributed by atoms with Crippen LogP contribution in [0.4, 0.5) is 16.2 Å². The maximum Gasteiger partial charge on any atom is 0.318 e. The Labute approximate surface area is 157 Å². The number of amides is 2. The first-order valence-corrected chi connectivity index (χ1v) is 9.24. The second-order valence-electron chi connectivity index (χ2n) is 6.99. The van der Waals surface area contributed by atoms with Crippen molar-refractivity contribution in [3.63, 3.8) is 0 Å². The molecule has 1 aliphatic heterocycles. The molecule has 0 saturated carbocycles. The fraction of sp³-hybridized carbons (Fsp3) is 0.350. The van der Waals surface area contributed by atoms with E-state index in [1.54, 1.807) is 12.1 Å². The number of hydrogen-bond acceptors (Lipinski definition) is 4. The van der Waals surface area contributed by atoms with Gasteiger partial charge in [0.2, 0.25) is 0 Å². The normalized spacial score (nSPS) is 18.9. The molecular formula is C20H22N4O3. The number of nitro benzene ring substituents is 1. The highest BCUT2D eigenvalue weighted by atomic mass is 16.6. The lowest BCUT2D eigenvalue weighted by molar-refractivity contribution is -0.384. The van der Waals surface area contributed by atoms with Gasteiger partial charge in [-0.25, -0.2) is 4.79 Å². The van der Waals surface area contributed by atoms with Crippen LogP contribution < -0.4 is 10.2 Å². The highest BCUT2D eigenvalue weighted by Crippen LogP contribution is 2.31. The average molecular weight is 366 g/mol. The number of aryl methyl sites for hydroxylation is 1. The Morgan fingerprint density at radius 3 is 2.44 bits per heavy atom. The lowest BCUT2D eigenvalue weighted by Crippen LogP contribution is -2.52. The van der Waals surface area contributed by atoms with Gasteiger partial charge in [0, 0.05) is 44.0 Å². The molecular weight excluding hydrogens is 344 g/mol. The van der Waals surface area contributed by atoms with Gasteiger partial charge in [0.1, 0.15) is 0 Å². The number of nitrogens with zero attached hydrogens (tertiary/aromatic N) is 3. The third-order valence-electron chi connectivity index (χ3n) is 5.42. The van der Waals surface area contributed by atoms with Crippen molar-refractivity contribution < 1.29 is 9.72 Å². The first kappa shape index (κ1) is 17.3. The van der Waals surface area contributed by atoms with E-state index in [9.17, 15) is 14.9 Å². The molecule has 0 bridgehead atoms. The van der Waals surface area contributed by atoms with E-state index in [2.05, 4.69) is 22.3 Å². The van der Waals surface area contributed by atoms with Crippen LogP contribution in [0.1, 0.15) is 23.6 Å². The van der Waals surface area contributed by atoms with Gasteiger partial charge in [-0.3, -0.25) is 10.1 Å². The Hall–Kier alpha value is -3.09. The first-order valence-electron chi connectivity index (χ1n) is 9.24. The Morgan fingerprint density at radius 2 is 1.74 bits per heavy atom. The molecule has 1 atom stereocenters. The summed E-state index contributed by atoms with van der Waals surface area (Å²) < 4.78 is 0. The smallest absolute Gasteiger partial charge is 0.318 e. The van der Waals surface area contributed by atoms with Crippen LogP contribution in [0.25, 0.3) is 0 Å². The van der Waals surface area contributed by atoms with Crippen LogP contribution in [0, 0.1) is 10.1 Å². The summed E-state index contributed by atoms with van der Waals surface area (Å²) in [5.41, 5.74) is 3.60. The minimum absolute atomic E-state index is 0.0138. The predicted octanol–water partition coefficient (Wildman–Crippen LogP) is 3.11. The third-order valence-corrected chi connectivity index (χ3v) is 5.42. The summed E-state index contributed by atoms with van der Waals surface area (Å²) in [7, 11) is 0. The van der Waals surface area contributed by atoms with Crippen molar-refractivity contribution in [2.45, 2.75) is 18.9 Å². The molecule has 7 nitrogen and oxygen atoms in total. The number of benzene rings is 2. The summed E-state index contributed by atoms with van der Waals surface area (Å²) in [6.45, 7) is 2.70. The van der Waals surface area contributed by atoms with Gasteiger partial charge in [-0.15, -0.1) is 0 Å². The van der Waals surface area contributed by atoms with E-state index >= 15 is 0 Å². The summed E-state index contributed by atoms with van der Waals surface area (Å²) in [4.78, 5) is 27.0. The number of hydrogen-bond donors (Lipinski definition) is 1. The van der Waals surface area contributed by atoms with E-state index in [-0.39, 0.29) is 17.8 Å². The molecule has 27 heavy (non-hydrogen) atoms. The number of rotatable bonds is 3. The van der Waals surface area contributed by atoms with Crippen LogP contribution in [-0.4, -0.2) is 42.0 Å². The van der Waals surface area contributed by atoms with Crippen molar-refractivity contribution in [3.8, 4) is 0 Å². The molecule has 1 saturated heterocycles. The quantitative estimate of drug-likeness (QED) is 0.669. The van der Waals surface area contributed by atoms with Crippen molar-refractivity contribution in [3.05, 3.63) is 69.8 Å². The summed E-state index contributed by atoms with van der Waals surface area (Å²) in [6, 6.07) is 14.9. The maximum atomic E-state index is 12.6. The fourth-order valence-electron chi connectivity index (χ4n) is 3.90. The summed E-state index contributed by atoms with van der Waals surface area (Å²) in [5.74, 6) is 0. The van der Waals surface area contributed by atoms with Crippen molar-refractivity contribution in [2.75, 3.05) is 31.1 Å². The van der Waals surface area contributed by atoms with Gasteiger partial charge in [-0.1, -0.05) is 24.3 Å². The van der Waals surface area contributed by atoms with Crippen LogP contribution in [0.3, 0.4) is 0 Å². The van der Waals surface area contributed by atoms with Crippen molar-refractivity contribution in [1.82, 2.24) is 10.2 Å². The van der Waals surface area contributed by atoms with Crippen LogP contribution in [0.15, 0.2) is 48.5 Å². The summed E-state index contributed by atoms with van der Waals surface area (Å²) in [6.07, 6.45) is 1.96. The number of carbonyl (C=O) groups excluding carboxylic acids is 1. The molecule has 4 rings (SSSR count). The fourth-order valence-corrected chi connectivity index (χ4v) is 3.90. The van der Waals surface area contributed by atoms with Crippen molar-refractivity contribution >= 4 is 17.4 Å². The van der Waals surface area contributed by atoms with Crippen molar-refractivity contribution in [2.24, 2.45) is 0 Å². The van der Waals surface area contributed by atoms with Gasteiger partial charge < -0.3 is 15.1 Å². The first-order chi connectivity index (χ1) is 13.1. The van der Waals surface area contributed by atoms with E-state index in [0.29, 0.717) is 26.2 Å². The second-order valence-corrected chi connectivity index (χ2v) is 6.99. The predicted molar refractivity (Wildman–Crippen MR) is 103 cm³/mol. The SMILES string of the molecule is O=C(NC1CCc2ccccc21)N1CCN(c2ccc([N+](=O)[O-])cc2)CC1. The molecule has 140 valence electrons. The van der Waals surface area contributed by atoms with Gasteiger partial charge >= 0.3 is 6.03 Å². The van der Waals surface area contributed by atoms with Gasteiger partial charge in [-0.05, 0) is 36.1 Å². The molecule has 7 heteroatoms. The molecule has 1 N–H and O–H groups in total. The zero-order valence-electron chi connectivity index (χ0n) is 15.0. The largest absolute Gasteiger partial charge is 0.368 e. The van der Waals surface area contributed by atoms with Gasteiger partial charge in [0.25, 0.3) is 5.69 Å². The van der Waals surface area contributed by atoms with Crippen LogP contribution >= 0.6 is 0 Å². The number of non-ortho nitro benzene ring substituents is 1. The Bertz CT molecular complexity index is 845. The number of anilines is 1. The summed E-state index contributed by atoms with van der Waals surface area (Å²) in [5, 5.41) is 13.9. The average Bonchev–Trinajstić information content (AvgIpc) is 3.11. The molecule has 1 aliphatic carbocycles. The molecule has 1 fully saturated rings. The number of fused-ring (bicyclic) bond motifs is 1. The van der Waals surface area contributed by atoms with Gasteiger partial charge in [0.05, 0.1) is 11.0 Å². The zero-order valence-corrected chi connectivity index (χ0v) is 15.0. The summed E-state index contributed by atoms with van der Waals surface area (Å²) >= 11 is 0. The zero-order chi connectivity index (χ0) is 18.8. The van der Waals surface area contributed by atoms with E-state index < -0.39 is 4.92 Å². The molecule has 0 radical (unpaired) electrons. The van der Waals surface area contributed by atoms with E-state index in [0.717, 1.165) is 18.5 Å². The van der Waals surface area contributed by atoms with E-state index in [4.69, 9.17) is 0 Å². The minimum Gasteiger partial charge on any atom is -0.368 e. The monoisotopic (exact) mass is 366 g/mol. The van der Waals surface area contributed by atoms with E-state index in [1.807, 2.05) is 17.0 Å². The molecule has 1 heterocycles. The number of piperazine rings is 1. The molecule has 0 spiro atoms. The van der Waals surface area contributed by atoms with E-state index in [1.165, 1.54) is 23.3 Å². The number of carbonyl (C=O) groups is 1. The number of urea groups is 1. The van der Waals surface area contributed by atoms with Crippen LogP contribution in [0.2, 0.25) is 0 Å². The lowest BCUT2D eigenvalue weighted by atomic mass is 10.1. The van der Waals surface area contributed by atoms with Crippen LogP contribution in [0.5, 0.6) is 0 Å².